The first-order valence-electron chi connectivity index (χ1n) is 7.32. The van der Waals surface area contributed by atoms with Crippen molar-refractivity contribution in [1.82, 2.24) is 19.7 Å². The van der Waals surface area contributed by atoms with Crippen molar-refractivity contribution in [1.29, 1.82) is 0 Å². The van der Waals surface area contributed by atoms with Crippen molar-refractivity contribution >= 4 is 0 Å². The van der Waals surface area contributed by atoms with Gasteiger partial charge >= 0.3 is 0 Å². The Kier molecular flexibility index (Phi) is 3.37. The zero-order valence-electron chi connectivity index (χ0n) is 11.6. The van der Waals surface area contributed by atoms with E-state index in [2.05, 4.69) is 33.6 Å². The number of rotatable bonds is 2. The smallest absolute Gasteiger partial charge is 0.133 e. The van der Waals surface area contributed by atoms with Gasteiger partial charge in [-0.05, 0) is 51.2 Å². The van der Waals surface area contributed by atoms with Crippen molar-refractivity contribution in [2.45, 2.75) is 45.6 Å². The van der Waals surface area contributed by atoms with E-state index in [9.17, 15) is 0 Å². The van der Waals surface area contributed by atoms with E-state index < -0.39 is 0 Å². The molecule has 1 aromatic heterocycles. The van der Waals surface area contributed by atoms with Crippen molar-refractivity contribution in [3.05, 3.63) is 11.6 Å². The highest BCUT2D eigenvalue weighted by Crippen LogP contribution is 2.24. The summed E-state index contributed by atoms with van der Waals surface area (Å²) in [5.41, 5.74) is 0. The maximum Gasteiger partial charge on any atom is 0.133 e. The minimum atomic E-state index is 0.776. The zero-order chi connectivity index (χ0) is 12.5. The number of hydrogen-bond donors (Lipinski definition) is 0. The fraction of sp³-hybridized carbons (Fsp3) is 0.857. The standard InChI is InChI=1S/C14H24N4/c1-11-3-8-18-13(9-11)15-16-14(18)10-12-4-6-17(2)7-5-12/h11-12H,3-10H2,1-2H3. The van der Waals surface area contributed by atoms with Crippen LogP contribution in [0.3, 0.4) is 0 Å². The topological polar surface area (TPSA) is 34.0 Å². The highest BCUT2D eigenvalue weighted by molar-refractivity contribution is 5.01. The number of aromatic nitrogens is 3. The van der Waals surface area contributed by atoms with E-state index in [4.69, 9.17) is 0 Å². The highest BCUT2D eigenvalue weighted by Gasteiger charge is 2.23. The van der Waals surface area contributed by atoms with Gasteiger partial charge in [0, 0.05) is 19.4 Å². The lowest BCUT2D eigenvalue weighted by molar-refractivity contribution is 0.216. The molecule has 0 bridgehead atoms. The van der Waals surface area contributed by atoms with Crippen LogP contribution in [0, 0.1) is 11.8 Å². The van der Waals surface area contributed by atoms with Gasteiger partial charge in [0.2, 0.25) is 0 Å². The van der Waals surface area contributed by atoms with E-state index in [1.165, 1.54) is 44.0 Å². The maximum absolute atomic E-state index is 4.44. The van der Waals surface area contributed by atoms with E-state index in [0.717, 1.165) is 31.2 Å². The molecular weight excluding hydrogens is 224 g/mol. The van der Waals surface area contributed by atoms with Crippen LogP contribution >= 0.6 is 0 Å². The second kappa shape index (κ2) is 5.00. The largest absolute Gasteiger partial charge is 0.315 e. The van der Waals surface area contributed by atoms with Crippen LogP contribution in [0.15, 0.2) is 0 Å². The molecule has 0 amide bonds. The van der Waals surface area contributed by atoms with Gasteiger partial charge in [-0.1, -0.05) is 6.92 Å². The summed E-state index contributed by atoms with van der Waals surface area (Å²) in [6, 6.07) is 0. The quantitative estimate of drug-likeness (QED) is 0.799. The van der Waals surface area contributed by atoms with E-state index in [-0.39, 0.29) is 0 Å². The Bertz CT molecular complexity index is 404. The number of nitrogens with zero attached hydrogens (tertiary/aromatic N) is 4. The Labute approximate surface area is 109 Å². The monoisotopic (exact) mass is 248 g/mol. The molecule has 1 saturated heterocycles. The van der Waals surface area contributed by atoms with Gasteiger partial charge in [0.05, 0.1) is 0 Å². The number of hydrogen-bond acceptors (Lipinski definition) is 3. The summed E-state index contributed by atoms with van der Waals surface area (Å²) in [5, 5.41) is 8.83. The van der Waals surface area contributed by atoms with Crippen molar-refractivity contribution in [3.63, 3.8) is 0 Å². The van der Waals surface area contributed by atoms with Crippen molar-refractivity contribution < 1.29 is 0 Å². The molecule has 0 saturated carbocycles. The van der Waals surface area contributed by atoms with Gasteiger partial charge in [0.25, 0.3) is 0 Å². The van der Waals surface area contributed by atoms with Gasteiger partial charge in [0.1, 0.15) is 11.6 Å². The SMILES string of the molecule is CC1CCn2c(nnc2CC2CCN(C)CC2)C1. The molecule has 0 aromatic carbocycles. The molecule has 1 unspecified atom stereocenters. The third kappa shape index (κ3) is 2.44. The van der Waals surface area contributed by atoms with Gasteiger partial charge in [-0.3, -0.25) is 0 Å². The molecule has 0 radical (unpaired) electrons. The third-order valence-electron chi connectivity index (χ3n) is 4.59. The lowest BCUT2D eigenvalue weighted by Gasteiger charge is -2.29. The molecule has 4 nitrogen and oxygen atoms in total. The van der Waals surface area contributed by atoms with Crippen LogP contribution in [0.25, 0.3) is 0 Å². The van der Waals surface area contributed by atoms with E-state index >= 15 is 0 Å². The van der Waals surface area contributed by atoms with E-state index in [0.29, 0.717) is 0 Å². The van der Waals surface area contributed by atoms with Gasteiger partial charge in [-0.25, -0.2) is 0 Å². The first-order valence-corrected chi connectivity index (χ1v) is 7.32. The van der Waals surface area contributed by atoms with E-state index in [1.807, 2.05) is 0 Å². The van der Waals surface area contributed by atoms with Crippen LogP contribution in [0.4, 0.5) is 0 Å². The summed E-state index contributed by atoms with van der Waals surface area (Å²) in [5.74, 6) is 4.05. The van der Waals surface area contributed by atoms with Crippen LogP contribution in [-0.4, -0.2) is 39.8 Å². The van der Waals surface area contributed by atoms with Gasteiger partial charge in [-0.15, -0.1) is 10.2 Å². The van der Waals surface area contributed by atoms with Gasteiger partial charge in [0.15, 0.2) is 0 Å². The molecular formula is C14H24N4. The Hall–Kier alpha value is -0.900. The summed E-state index contributed by atoms with van der Waals surface area (Å²) in [7, 11) is 2.22. The Morgan fingerprint density at radius 2 is 1.89 bits per heavy atom. The average Bonchev–Trinajstić information content (AvgIpc) is 2.74. The predicted molar refractivity (Wildman–Crippen MR) is 71.4 cm³/mol. The summed E-state index contributed by atoms with van der Waals surface area (Å²) in [6.45, 7) is 5.92. The summed E-state index contributed by atoms with van der Waals surface area (Å²) >= 11 is 0. The Balaban J connectivity index is 1.67. The number of likely N-dealkylation sites (tertiary alicyclic amines) is 1. The van der Waals surface area contributed by atoms with E-state index in [1.54, 1.807) is 0 Å². The molecule has 0 spiro atoms. The normalized spacial score (nSPS) is 26.2. The minimum Gasteiger partial charge on any atom is -0.315 e. The van der Waals surface area contributed by atoms with Crippen LogP contribution < -0.4 is 0 Å². The van der Waals surface area contributed by atoms with Gasteiger partial charge in [-0.2, -0.15) is 0 Å². The lowest BCUT2D eigenvalue weighted by atomic mass is 9.93. The van der Waals surface area contributed by atoms with Crippen LogP contribution in [0.1, 0.15) is 37.8 Å². The fourth-order valence-corrected chi connectivity index (χ4v) is 3.22. The molecule has 2 aliphatic heterocycles. The molecule has 1 fully saturated rings. The Morgan fingerprint density at radius 3 is 2.67 bits per heavy atom. The molecule has 0 N–H and O–H groups in total. The molecule has 2 aliphatic rings. The molecule has 0 aliphatic carbocycles. The summed E-state index contributed by atoms with van der Waals surface area (Å²) in [4.78, 5) is 2.43. The molecule has 1 aromatic rings. The summed E-state index contributed by atoms with van der Waals surface area (Å²) < 4.78 is 2.39. The third-order valence-corrected chi connectivity index (χ3v) is 4.59. The second-order valence-corrected chi connectivity index (χ2v) is 6.23. The predicted octanol–water partition coefficient (Wildman–Crippen LogP) is 1.74. The van der Waals surface area contributed by atoms with Crippen molar-refractivity contribution in [3.8, 4) is 0 Å². The molecule has 4 heteroatoms. The molecule has 3 heterocycles. The molecule has 18 heavy (non-hydrogen) atoms. The molecule has 1 atom stereocenters. The lowest BCUT2D eigenvalue weighted by Crippen LogP contribution is -2.31. The highest BCUT2D eigenvalue weighted by atomic mass is 15.3. The zero-order valence-corrected chi connectivity index (χ0v) is 11.6. The van der Waals surface area contributed by atoms with Crippen LogP contribution in [-0.2, 0) is 19.4 Å². The van der Waals surface area contributed by atoms with Gasteiger partial charge < -0.3 is 9.47 Å². The Morgan fingerprint density at radius 1 is 1.11 bits per heavy atom. The summed E-state index contributed by atoms with van der Waals surface area (Å²) in [6.07, 6.45) is 6.16. The number of piperidine rings is 1. The maximum atomic E-state index is 4.44. The van der Waals surface area contributed by atoms with Crippen LogP contribution in [0.2, 0.25) is 0 Å². The first kappa shape index (κ1) is 12.2. The first-order chi connectivity index (χ1) is 8.72. The average molecular weight is 248 g/mol. The fourth-order valence-electron chi connectivity index (χ4n) is 3.22. The van der Waals surface area contributed by atoms with Crippen molar-refractivity contribution in [2.24, 2.45) is 11.8 Å². The minimum absolute atomic E-state index is 0.776. The van der Waals surface area contributed by atoms with Crippen LogP contribution in [0.5, 0.6) is 0 Å². The second-order valence-electron chi connectivity index (χ2n) is 6.23. The van der Waals surface area contributed by atoms with Crippen molar-refractivity contribution in [2.75, 3.05) is 20.1 Å². The molecule has 100 valence electrons. The molecule has 3 rings (SSSR count). The number of fused-ring (bicyclic) bond motifs is 1.